The average Bonchev–Trinajstić information content (AvgIpc) is 3.32. The molecule has 0 saturated heterocycles. The third kappa shape index (κ3) is 7.51. The molecule has 1 aromatic heterocycles. The predicted molar refractivity (Wildman–Crippen MR) is 163 cm³/mol. The molecule has 0 aliphatic rings. The number of aromatic nitrogens is 1. The molecule has 3 amide bonds. The molecule has 0 radical (unpaired) electrons. The van der Waals surface area contributed by atoms with E-state index in [4.69, 9.17) is 21.9 Å². The number of alkyl halides is 3. The zero-order chi connectivity index (χ0) is 34.2. The molecular weight excluding hydrogens is 631 g/mol. The Morgan fingerprint density at radius 3 is 2.13 bits per heavy atom. The number of fused-ring (bicyclic) bond motifs is 1. The Hall–Kier alpha value is -5.25. The van der Waals surface area contributed by atoms with Crippen LogP contribution in [0, 0.1) is 0 Å². The van der Waals surface area contributed by atoms with Gasteiger partial charge in [-0.05, 0) is 53.6 Å². The number of nitrogens with two attached hydrogens (primary N) is 3. The molecule has 244 valence electrons. The summed E-state index contributed by atoms with van der Waals surface area (Å²) in [6.45, 7) is 2.25. The molecule has 0 atom stereocenters. The van der Waals surface area contributed by atoms with Crippen LogP contribution in [0.2, 0.25) is 0 Å². The first-order valence-corrected chi connectivity index (χ1v) is 15.3. The number of sulfonamides is 1. The SMILES string of the molecule is CC(C)(c1cc(OCC(N)=O)cc(OC(F)(F)F)c1)c1cccc(-n2c(C(N)=O)cc3ccc(N(CC(N)=O)S(C)(=O)=O)cc32)c1. The molecule has 0 bridgehead atoms. The number of primary amides is 3. The van der Waals surface area contributed by atoms with Crippen molar-refractivity contribution < 1.29 is 45.4 Å². The third-order valence-electron chi connectivity index (χ3n) is 7.07. The van der Waals surface area contributed by atoms with Crippen LogP contribution in [0.4, 0.5) is 18.9 Å². The van der Waals surface area contributed by atoms with Crippen LogP contribution >= 0.6 is 0 Å². The fraction of sp³-hybridized carbons (Fsp3) is 0.233. The van der Waals surface area contributed by atoms with Crippen molar-refractivity contribution >= 4 is 44.3 Å². The quantitative estimate of drug-likeness (QED) is 0.208. The van der Waals surface area contributed by atoms with Crippen LogP contribution in [0.1, 0.15) is 35.5 Å². The molecule has 0 aliphatic carbocycles. The van der Waals surface area contributed by atoms with Crippen LogP contribution in [-0.4, -0.2) is 56.5 Å². The van der Waals surface area contributed by atoms with Gasteiger partial charge in [0.25, 0.3) is 11.8 Å². The van der Waals surface area contributed by atoms with Crippen LogP contribution < -0.4 is 31.0 Å². The highest BCUT2D eigenvalue weighted by Crippen LogP contribution is 2.39. The Morgan fingerprint density at radius 1 is 0.870 bits per heavy atom. The highest BCUT2D eigenvalue weighted by molar-refractivity contribution is 7.92. The van der Waals surface area contributed by atoms with Gasteiger partial charge >= 0.3 is 6.36 Å². The van der Waals surface area contributed by atoms with Crippen molar-refractivity contribution in [2.24, 2.45) is 17.2 Å². The van der Waals surface area contributed by atoms with Gasteiger partial charge in [0.15, 0.2) is 6.61 Å². The molecule has 46 heavy (non-hydrogen) atoms. The lowest BCUT2D eigenvalue weighted by atomic mass is 9.78. The fourth-order valence-electron chi connectivity index (χ4n) is 4.91. The van der Waals surface area contributed by atoms with E-state index in [0.29, 0.717) is 27.7 Å². The largest absolute Gasteiger partial charge is 0.573 e. The van der Waals surface area contributed by atoms with Gasteiger partial charge in [-0.15, -0.1) is 13.2 Å². The molecule has 0 saturated carbocycles. The molecule has 0 unspecified atom stereocenters. The Labute approximate surface area is 261 Å². The van der Waals surface area contributed by atoms with E-state index >= 15 is 0 Å². The molecule has 4 rings (SSSR count). The minimum atomic E-state index is -5.01. The number of rotatable bonds is 12. The lowest BCUT2D eigenvalue weighted by Crippen LogP contribution is -2.37. The van der Waals surface area contributed by atoms with Crippen LogP contribution in [0.15, 0.2) is 66.7 Å². The first-order valence-electron chi connectivity index (χ1n) is 13.4. The maximum absolute atomic E-state index is 13.1. The molecule has 4 aromatic rings. The van der Waals surface area contributed by atoms with E-state index in [2.05, 4.69) is 4.74 Å². The molecule has 1 heterocycles. The van der Waals surface area contributed by atoms with Gasteiger partial charge in [0.2, 0.25) is 15.9 Å². The Balaban J connectivity index is 1.89. The molecule has 6 N–H and O–H groups in total. The first-order chi connectivity index (χ1) is 21.3. The highest BCUT2D eigenvalue weighted by atomic mass is 32.2. The molecule has 12 nitrogen and oxygen atoms in total. The number of anilines is 1. The molecule has 0 fully saturated rings. The lowest BCUT2D eigenvalue weighted by molar-refractivity contribution is -0.274. The minimum absolute atomic E-state index is 0.0469. The highest BCUT2D eigenvalue weighted by Gasteiger charge is 2.33. The number of carbonyl (C=O) groups is 3. The second-order valence-electron chi connectivity index (χ2n) is 10.9. The van der Waals surface area contributed by atoms with Crippen molar-refractivity contribution in [1.82, 2.24) is 4.57 Å². The Kier molecular flexibility index (Phi) is 8.97. The summed E-state index contributed by atoms with van der Waals surface area (Å²) in [5, 5.41) is 0.517. The van der Waals surface area contributed by atoms with Crippen LogP contribution in [-0.2, 0) is 25.0 Å². The minimum Gasteiger partial charge on any atom is -0.484 e. The fourth-order valence-corrected chi connectivity index (χ4v) is 5.77. The number of halogens is 3. The standard InChI is InChI=1S/C30H30F3N5O7S/c1-29(2,19-11-22(44-16-27(35)40)14-23(12-19)45-30(31,32)33)18-5-4-6-21(10-18)38-24-13-20(37(15-26(34)39)46(3,42)43)8-7-17(24)9-25(38)28(36)41/h4-14H,15-16H2,1-3H3,(H2,34,39)(H2,35,40)(H2,36,41). The van der Waals surface area contributed by atoms with E-state index in [9.17, 15) is 36.0 Å². The van der Waals surface area contributed by atoms with E-state index in [1.807, 2.05) is 0 Å². The Morgan fingerprint density at radius 2 is 1.54 bits per heavy atom. The van der Waals surface area contributed by atoms with Crippen molar-refractivity contribution in [3.8, 4) is 17.2 Å². The predicted octanol–water partition coefficient (Wildman–Crippen LogP) is 3.07. The van der Waals surface area contributed by atoms with E-state index in [0.717, 1.165) is 16.6 Å². The topological polar surface area (TPSA) is 190 Å². The summed E-state index contributed by atoms with van der Waals surface area (Å²) < 4.78 is 76.2. The van der Waals surface area contributed by atoms with Gasteiger partial charge in [-0.3, -0.25) is 18.7 Å². The summed E-state index contributed by atoms with van der Waals surface area (Å²) in [7, 11) is -3.94. The van der Waals surface area contributed by atoms with Crippen molar-refractivity contribution in [3.63, 3.8) is 0 Å². The molecular formula is C30H30F3N5O7S. The first kappa shape index (κ1) is 33.6. The summed E-state index contributed by atoms with van der Waals surface area (Å²) in [4.78, 5) is 35.5. The number of nitrogens with zero attached hydrogens (tertiary/aromatic N) is 2. The number of carbonyl (C=O) groups excluding carboxylic acids is 3. The van der Waals surface area contributed by atoms with Gasteiger partial charge in [0, 0.05) is 22.6 Å². The molecule has 16 heteroatoms. The van der Waals surface area contributed by atoms with Gasteiger partial charge in [0.1, 0.15) is 23.7 Å². The second-order valence-corrected chi connectivity index (χ2v) is 12.8. The second kappa shape index (κ2) is 12.3. The summed E-state index contributed by atoms with van der Waals surface area (Å²) in [5.41, 5.74) is 16.9. The number of ether oxygens (including phenoxy) is 2. The van der Waals surface area contributed by atoms with Crippen LogP contribution in [0.25, 0.3) is 16.6 Å². The number of amides is 3. The summed E-state index contributed by atoms with van der Waals surface area (Å²) in [6.07, 6.45) is -4.09. The van der Waals surface area contributed by atoms with Crippen molar-refractivity contribution in [2.75, 3.05) is 23.7 Å². The monoisotopic (exact) mass is 661 g/mol. The summed E-state index contributed by atoms with van der Waals surface area (Å²) in [5.74, 6) is -3.20. The number of benzene rings is 3. The summed E-state index contributed by atoms with van der Waals surface area (Å²) in [6, 6.07) is 16.3. The van der Waals surface area contributed by atoms with E-state index in [1.54, 1.807) is 44.2 Å². The van der Waals surface area contributed by atoms with Gasteiger partial charge in [-0.25, -0.2) is 8.42 Å². The number of hydrogen-bond donors (Lipinski definition) is 3. The average molecular weight is 662 g/mol. The van der Waals surface area contributed by atoms with E-state index in [1.165, 1.54) is 34.9 Å². The van der Waals surface area contributed by atoms with Crippen molar-refractivity contribution in [3.05, 3.63) is 83.6 Å². The van der Waals surface area contributed by atoms with Crippen LogP contribution in [0.3, 0.4) is 0 Å². The molecule has 0 aliphatic heterocycles. The molecule has 3 aromatic carbocycles. The maximum atomic E-state index is 13.1. The van der Waals surface area contributed by atoms with E-state index < -0.39 is 58.4 Å². The third-order valence-corrected chi connectivity index (χ3v) is 8.21. The number of hydrogen-bond acceptors (Lipinski definition) is 7. The van der Waals surface area contributed by atoms with Gasteiger partial charge in [-0.2, -0.15) is 0 Å². The zero-order valence-electron chi connectivity index (χ0n) is 24.8. The molecule has 0 spiro atoms. The van der Waals surface area contributed by atoms with Gasteiger partial charge in [-0.1, -0.05) is 32.0 Å². The van der Waals surface area contributed by atoms with Gasteiger partial charge < -0.3 is 31.2 Å². The maximum Gasteiger partial charge on any atom is 0.573 e. The van der Waals surface area contributed by atoms with Gasteiger partial charge in [0.05, 0.1) is 17.5 Å². The zero-order valence-corrected chi connectivity index (χ0v) is 25.6. The lowest BCUT2D eigenvalue weighted by Gasteiger charge is -2.28. The van der Waals surface area contributed by atoms with Crippen molar-refractivity contribution in [2.45, 2.75) is 25.6 Å². The van der Waals surface area contributed by atoms with Crippen LogP contribution in [0.5, 0.6) is 11.5 Å². The Bertz CT molecular complexity index is 1960. The smallest absolute Gasteiger partial charge is 0.484 e. The normalized spacial score (nSPS) is 12.1. The van der Waals surface area contributed by atoms with E-state index in [-0.39, 0.29) is 17.1 Å². The van der Waals surface area contributed by atoms with Crippen molar-refractivity contribution in [1.29, 1.82) is 0 Å². The summed E-state index contributed by atoms with van der Waals surface area (Å²) >= 11 is 0.